The number of methoxy groups -OCH3 is 1. The summed E-state index contributed by atoms with van der Waals surface area (Å²) in [6, 6.07) is 1.59. The van der Waals surface area contributed by atoms with Gasteiger partial charge in [0.1, 0.15) is 5.82 Å². The molecule has 0 amide bonds. The Labute approximate surface area is 113 Å². The highest BCUT2D eigenvalue weighted by atomic mass is 16.5. The molecule has 0 aliphatic carbocycles. The minimum atomic E-state index is -0.366. The van der Waals surface area contributed by atoms with Crippen molar-refractivity contribution in [1.29, 1.82) is 0 Å². The fraction of sp³-hybridized carbons (Fsp3) is 0.571. The first kappa shape index (κ1) is 13.6. The topological polar surface area (TPSA) is 68.5 Å². The second-order valence-corrected chi connectivity index (χ2v) is 5.47. The molecule has 1 aromatic heterocycles. The molecule has 2 N–H and O–H groups in total. The molecule has 2 heterocycles. The second-order valence-electron chi connectivity index (χ2n) is 5.47. The van der Waals surface area contributed by atoms with E-state index in [1.54, 1.807) is 12.3 Å². The van der Waals surface area contributed by atoms with Gasteiger partial charge in [0.15, 0.2) is 0 Å². The summed E-state index contributed by atoms with van der Waals surface area (Å²) < 4.78 is 4.83. The SMILES string of the molecule is COC(=O)c1cc(N)ncc1N1CC(C)CC(C)C1. The lowest BCUT2D eigenvalue weighted by molar-refractivity contribution is 0.0601. The summed E-state index contributed by atoms with van der Waals surface area (Å²) in [6.07, 6.45) is 2.89. The van der Waals surface area contributed by atoms with Crippen LogP contribution in [0.2, 0.25) is 0 Å². The molecule has 0 spiro atoms. The lowest BCUT2D eigenvalue weighted by atomic mass is 9.91. The van der Waals surface area contributed by atoms with Gasteiger partial charge < -0.3 is 15.4 Å². The maximum atomic E-state index is 11.9. The number of pyridine rings is 1. The Morgan fingerprint density at radius 3 is 2.63 bits per heavy atom. The minimum Gasteiger partial charge on any atom is -0.465 e. The van der Waals surface area contributed by atoms with E-state index in [0.717, 1.165) is 18.8 Å². The van der Waals surface area contributed by atoms with Crippen molar-refractivity contribution >= 4 is 17.5 Å². The van der Waals surface area contributed by atoms with Gasteiger partial charge in [-0.25, -0.2) is 9.78 Å². The molecule has 1 aliphatic rings. The highest BCUT2D eigenvalue weighted by Gasteiger charge is 2.25. The van der Waals surface area contributed by atoms with Crippen LogP contribution in [0.4, 0.5) is 11.5 Å². The van der Waals surface area contributed by atoms with Gasteiger partial charge in [-0.1, -0.05) is 13.8 Å². The Balaban J connectivity index is 2.35. The van der Waals surface area contributed by atoms with Crippen LogP contribution in [0, 0.1) is 11.8 Å². The van der Waals surface area contributed by atoms with Crippen LogP contribution in [0.15, 0.2) is 12.3 Å². The van der Waals surface area contributed by atoms with Crippen molar-refractivity contribution in [2.45, 2.75) is 20.3 Å². The molecule has 0 radical (unpaired) electrons. The summed E-state index contributed by atoms with van der Waals surface area (Å²) in [6.45, 7) is 6.32. The van der Waals surface area contributed by atoms with E-state index in [2.05, 4.69) is 23.7 Å². The summed E-state index contributed by atoms with van der Waals surface area (Å²) in [4.78, 5) is 18.2. The Hall–Kier alpha value is -1.78. The number of piperidine rings is 1. The largest absolute Gasteiger partial charge is 0.465 e. The molecule has 1 saturated heterocycles. The van der Waals surface area contributed by atoms with Crippen molar-refractivity contribution in [2.75, 3.05) is 30.8 Å². The van der Waals surface area contributed by atoms with Crippen molar-refractivity contribution in [1.82, 2.24) is 4.98 Å². The number of hydrogen-bond donors (Lipinski definition) is 1. The maximum absolute atomic E-state index is 11.9. The van der Waals surface area contributed by atoms with E-state index in [1.165, 1.54) is 13.5 Å². The van der Waals surface area contributed by atoms with Crippen molar-refractivity contribution in [3.05, 3.63) is 17.8 Å². The number of nitrogens with two attached hydrogens (primary N) is 1. The van der Waals surface area contributed by atoms with Crippen molar-refractivity contribution in [3.63, 3.8) is 0 Å². The molecule has 19 heavy (non-hydrogen) atoms. The molecule has 2 rings (SSSR count). The first-order valence-corrected chi connectivity index (χ1v) is 6.60. The maximum Gasteiger partial charge on any atom is 0.340 e. The van der Waals surface area contributed by atoms with Crippen LogP contribution >= 0.6 is 0 Å². The van der Waals surface area contributed by atoms with Crippen LogP contribution in [0.25, 0.3) is 0 Å². The molecule has 1 fully saturated rings. The highest BCUT2D eigenvalue weighted by Crippen LogP contribution is 2.29. The summed E-state index contributed by atoms with van der Waals surface area (Å²) in [5, 5.41) is 0. The third kappa shape index (κ3) is 2.97. The van der Waals surface area contributed by atoms with Crippen LogP contribution in [0.3, 0.4) is 0 Å². The smallest absolute Gasteiger partial charge is 0.340 e. The fourth-order valence-corrected chi connectivity index (χ4v) is 2.85. The molecule has 2 atom stereocenters. The van der Waals surface area contributed by atoms with Crippen LogP contribution in [-0.2, 0) is 4.74 Å². The van der Waals surface area contributed by atoms with E-state index in [0.29, 0.717) is 23.2 Å². The number of ether oxygens (including phenoxy) is 1. The van der Waals surface area contributed by atoms with Crippen molar-refractivity contribution < 1.29 is 9.53 Å². The number of carbonyl (C=O) groups excluding carboxylic acids is 1. The van der Waals surface area contributed by atoms with E-state index in [4.69, 9.17) is 10.5 Å². The average Bonchev–Trinajstić information content (AvgIpc) is 2.36. The Morgan fingerprint density at radius 2 is 2.05 bits per heavy atom. The number of hydrogen-bond acceptors (Lipinski definition) is 5. The number of carbonyl (C=O) groups is 1. The summed E-state index contributed by atoms with van der Waals surface area (Å²) in [5.41, 5.74) is 6.98. The second kappa shape index (κ2) is 5.47. The molecular weight excluding hydrogens is 242 g/mol. The Kier molecular flexibility index (Phi) is 3.93. The van der Waals surface area contributed by atoms with Crippen LogP contribution in [-0.4, -0.2) is 31.2 Å². The lowest BCUT2D eigenvalue weighted by Gasteiger charge is -2.37. The number of rotatable bonds is 2. The van der Waals surface area contributed by atoms with Gasteiger partial charge in [-0.15, -0.1) is 0 Å². The summed E-state index contributed by atoms with van der Waals surface area (Å²) in [5.74, 6) is 1.18. The Morgan fingerprint density at radius 1 is 1.42 bits per heavy atom. The number of nitrogen functional groups attached to an aromatic ring is 1. The lowest BCUT2D eigenvalue weighted by Crippen LogP contribution is -2.39. The first-order valence-electron chi connectivity index (χ1n) is 6.60. The van der Waals surface area contributed by atoms with Gasteiger partial charge in [-0.3, -0.25) is 0 Å². The third-order valence-corrected chi connectivity index (χ3v) is 3.52. The van der Waals surface area contributed by atoms with Gasteiger partial charge >= 0.3 is 5.97 Å². The monoisotopic (exact) mass is 263 g/mol. The Bertz CT molecular complexity index is 466. The van der Waals surface area contributed by atoms with E-state index >= 15 is 0 Å². The van der Waals surface area contributed by atoms with E-state index in [9.17, 15) is 4.79 Å². The van der Waals surface area contributed by atoms with Crippen LogP contribution < -0.4 is 10.6 Å². The highest BCUT2D eigenvalue weighted by molar-refractivity contribution is 5.96. The molecule has 0 bridgehead atoms. The molecular formula is C14H21N3O2. The first-order chi connectivity index (χ1) is 9.01. The van der Waals surface area contributed by atoms with Gasteiger partial charge in [0.05, 0.1) is 24.6 Å². The molecule has 0 saturated carbocycles. The summed E-state index contributed by atoms with van der Waals surface area (Å²) >= 11 is 0. The zero-order valence-electron chi connectivity index (χ0n) is 11.7. The van der Waals surface area contributed by atoms with Gasteiger partial charge in [0, 0.05) is 13.1 Å². The van der Waals surface area contributed by atoms with Gasteiger partial charge in [0.2, 0.25) is 0 Å². The standard InChI is InChI=1S/C14H21N3O2/c1-9-4-10(2)8-17(7-9)12-6-16-13(15)5-11(12)14(18)19-3/h5-6,9-10H,4,7-8H2,1-3H3,(H2,15,16). The molecule has 2 unspecified atom stereocenters. The summed E-state index contributed by atoms with van der Waals surface area (Å²) in [7, 11) is 1.38. The number of anilines is 2. The quantitative estimate of drug-likeness (QED) is 0.826. The molecule has 1 aliphatic heterocycles. The van der Waals surface area contributed by atoms with Crippen molar-refractivity contribution in [2.24, 2.45) is 11.8 Å². The van der Waals surface area contributed by atoms with Crippen molar-refractivity contribution in [3.8, 4) is 0 Å². The van der Waals surface area contributed by atoms with Crippen LogP contribution in [0.5, 0.6) is 0 Å². The zero-order valence-corrected chi connectivity index (χ0v) is 11.7. The predicted molar refractivity (Wildman–Crippen MR) is 75.1 cm³/mol. The molecule has 0 aromatic carbocycles. The average molecular weight is 263 g/mol. The van der Waals surface area contributed by atoms with Crippen LogP contribution in [0.1, 0.15) is 30.6 Å². The number of nitrogens with zero attached hydrogens (tertiary/aromatic N) is 2. The number of aromatic nitrogens is 1. The minimum absolute atomic E-state index is 0.335. The van der Waals surface area contributed by atoms with Gasteiger partial charge in [0.25, 0.3) is 0 Å². The van der Waals surface area contributed by atoms with E-state index in [1.807, 2.05) is 0 Å². The van der Waals surface area contributed by atoms with Gasteiger partial charge in [-0.2, -0.15) is 0 Å². The normalized spacial score (nSPS) is 23.2. The third-order valence-electron chi connectivity index (χ3n) is 3.52. The fourth-order valence-electron chi connectivity index (χ4n) is 2.85. The van der Waals surface area contributed by atoms with E-state index < -0.39 is 0 Å². The predicted octanol–water partition coefficient (Wildman–Crippen LogP) is 1.93. The molecule has 1 aromatic rings. The number of esters is 1. The van der Waals surface area contributed by atoms with Gasteiger partial charge in [-0.05, 0) is 24.3 Å². The zero-order chi connectivity index (χ0) is 14.0. The molecule has 5 heteroatoms. The molecule has 5 nitrogen and oxygen atoms in total. The van der Waals surface area contributed by atoms with E-state index in [-0.39, 0.29) is 5.97 Å². The molecule has 104 valence electrons.